The fraction of sp³-hybridized carbons (Fsp3) is 0.448. The predicted molar refractivity (Wildman–Crippen MR) is 158 cm³/mol. The van der Waals surface area contributed by atoms with Crippen molar-refractivity contribution in [2.75, 3.05) is 24.2 Å². The molecule has 0 radical (unpaired) electrons. The fourth-order valence-corrected chi connectivity index (χ4v) is 7.38. The normalized spacial score (nSPS) is 17.8. The van der Waals surface area contributed by atoms with Gasteiger partial charge in [0.05, 0.1) is 6.54 Å². The van der Waals surface area contributed by atoms with E-state index in [1.54, 1.807) is 11.5 Å². The van der Waals surface area contributed by atoms with E-state index in [0.29, 0.717) is 29.3 Å². The Labute approximate surface area is 231 Å². The van der Waals surface area contributed by atoms with E-state index in [4.69, 9.17) is 4.98 Å². The topological polar surface area (TPSA) is 84.7 Å². The largest absolute Gasteiger partial charge is 0.324 e. The summed E-state index contributed by atoms with van der Waals surface area (Å²) in [6, 6.07) is 10.5. The zero-order valence-electron chi connectivity index (χ0n) is 21.9. The number of aromatic nitrogens is 4. The van der Waals surface area contributed by atoms with Crippen molar-refractivity contribution in [3.05, 3.63) is 74.6 Å². The Balaban J connectivity index is 1.35. The predicted octanol–water partition coefficient (Wildman–Crippen LogP) is 6.20. The molecule has 0 bridgehead atoms. The molecule has 0 amide bonds. The highest BCUT2D eigenvalue weighted by molar-refractivity contribution is 7.99. The van der Waals surface area contributed by atoms with Crippen molar-refractivity contribution in [2.45, 2.75) is 63.2 Å². The van der Waals surface area contributed by atoms with E-state index < -0.39 is 0 Å². The van der Waals surface area contributed by atoms with Crippen LogP contribution in [0.15, 0.2) is 47.5 Å². The molecule has 1 aliphatic carbocycles. The minimum absolute atomic E-state index is 0.0479. The van der Waals surface area contributed by atoms with Gasteiger partial charge in [0, 0.05) is 63.6 Å². The minimum Gasteiger partial charge on any atom is -0.324 e. The standard InChI is InChI=1S/C29H34N6OS2/c1-3-18(4-2)24-13-21-14-31-29(33-23-9-7-19(8-10-23)25-16-30-11-12-37-25)34-27(21)35(28(24)36)17-22-15-32-38-26(22)20-5-6-20/h7-10,13-15,18,20,25,30H,3-6,11-12,16-17H2,1-2H3,(H,31,33,34). The summed E-state index contributed by atoms with van der Waals surface area (Å²) in [6.07, 6.45) is 8.06. The molecule has 2 aliphatic rings. The molecule has 1 aromatic carbocycles. The average molecular weight is 547 g/mol. The lowest BCUT2D eigenvalue weighted by Crippen LogP contribution is -2.28. The van der Waals surface area contributed by atoms with Gasteiger partial charge in [0.2, 0.25) is 5.95 Å². The van der Waals surface area contributed by atoms with Gasteiger partial charge in [-0.15, -0.1) is 0 Å². The lowest BCUT2D eigenvalue weighted by atomic mass is 9.94. The number of pyridine rings is 1. The van der Waals surface area contributed by atoms with Gasteiger partial charge in [0.15, 0.2) is 0 Å². The van der Waals surface area contributed by atoms with Crippen LogP contribution in [0, 0.1) is 0 Å². The Bertz CT molecular complexity index is 1470. The van der Waals surface area contributed by atoms with Crippen LogP contribution in [0.5, 0.6) is 0 Å². The molecule has 38 heavy (non-hydrogen) atoms. The van der Waals surface area contributed by atoms with Crippen molar-refractivity contribution in [3.63, 3.8) is 0 Å². The third kappa shape index (κ3) is 5.24. The average Bonchev–Trinajstić information content (AvgIpc) is 3.70. The first kappa shape index (κ1) is 25.5. The van der Waals surface area contributed by atoms with Crippen molar-refractivity contribution in [1.82, 2.24) is 24.2 Å². The molecular weight excluding hydrogens is 512 g/mol. The molecule has 4 aromatic rings. The highest BCUT2D eigenvalue weighted by atomic mass is 32.2. The van der Waals surface area contributed by atoms with E-state index in [0.717, 1.165) is 53.9 Å². The second-order valence-electron chi connectivity index (χ2n) is 10.3. The quantitative estimate of drug-likeness (QED) is 0.259. The van der Waals surface area contributed by atoms with Gasteiger partial charge in [0.1, 0.15) is 5.65 Å². The third-order valence-corrected chi connectivity index (χ3v) is 9.98. The number of thioether (sulfide) groups is 1. The molecule has 3 aromatic heterocycles. The van der Waals surface area contributed by atoms with Gasteiger partial charge in [0.25, 0.3) is 5.56 Å². The highest BCUT2D eigenvalue weighted by Gasteiger charge is 2.28. The third-order valence-electron chi connectivity index (χ3n) is 7.70. The van der Waals surface area contributed by atoms with Crippen LogP contribution in [0.4, 0.5) is 11.6 Å². The van der Waals surface area contributed by atoms with E-state index in [2.05, 4.69) is 58.1 Å². The summed E-state index contributed by atoms with van der Waals surface area (Å²) in [5.74, 6) is 2.45. The summed E-state index contributed by atoms with van der Waals surface area (Å²) in [7, 11) is 0. The van der Waals surface area contributed by atoms with Crippen LogP contribution in [0.3, 0.4) is 0 Å². The molecule has 2 fully saturated rings. The molecule has 198 valence electrons. The lowest BCUT2D eigenvalue weighted by Gasteiger charge is -2.22. The number of nitrogens with zero attached hydrogens (tertiary/aromatic N) is 4. The van der Waals surface area contributed by atoms with E-state index >= 15 is 0 Å². The molecule has 4 heterocycles. The van der Waals surface area contributed by atoms with Crippen molar-refractivity contribution < 1.29 is 0 Å². The summed E-state index contributed by atoms with van der Waals surface area (Å²) in [6.45, 7) is 6.87. The molecule has 7 nitrogen and oxygen atoms in total. The molecule has 1 unspecified atom stereocenters. The SMILES string of the molecule is CCC(CC)c1cc2cnc(Nc3ccc(C4CNCCS4)cc3)nc2n(Cc2cnsc2C2CC2)c1=O. The van der Waals surface area contributed by atoms with Crippen LogP contribution < -0.4 is 16.2 Å². The van der Waals surface area contributed by atoms with Crippen molar-refractivity contribution >= 4 is 46.0 Å². The Kier molecular flexibility index (Phi) is 7.50. The monoisotopic (exact) mass is 546 g/mol. The first-order valence-corrected chi connectivity index (χ1v) is 15.5. The molecule has 1 aliphatic heterocycles. The van der Waals surface area contributed by atoms with Crippen molar-refractivity contribution in [2.24, 2.45) is 0 Å². The first-order valence-electron chi connectivity index (χ1n) is 13.7. The molecule has 6 rings (SSSR count). The van der Waals surface area contributed by atoms with Crippen molar-refractivity contribution in [1.29, 1.82) is 0 Å². The summed E-state index contributed by atoms with van der Waals surface area (Å²) in [5.41, 5.74) is 4.96. The van der Waals surface area contributed by atoms with Crippen LogP contribution in [-0.2, 0) is 6.54 Å². The molecule has 9 heteroatoms. The van der Waals surface area contributed by atoms with Gasteiger partial charge in [-0.1, -0.05) is 26.0 Å². The number of nitrogens with one attached hydrogen (secondary N) is 2. The zero-order chi connectivity index (χ0) is 26.1. The maximum Gasteiger partial charge on any atom is 0.256 e. The van der Waals surface area contributed by atoms with Gasteiger partial charge < -0.3 is 10.6 Å². The second-order valence-corrected chi connectivity index (χ2v) is 12.4. The summed E-state index contributed by atoms with van der Waals surface area (Å²) >= 11 is 3.57. The first-order chi connectivity index (χ1) is 18.6. The van der Waals surface area contributed by atoms with Crippen molar-refractivity contribution in [3.8, 4) is 0 Å². The number of anilines is 2. The maximum atomic E-state index is 13.9. The van der Waals surface area contributed by atoms with Gasteiger partial charge in [-0.25, -0.2) is 9.36 Å². The molecular formula is C29H34N6OS2. The lowest BCUT2D eigenvalue weighted by molar-refractivity contribution is 0.622. The second kappa shape index (κ2) is 11.2. The van der Waals surface area contributed by atoms with E-state index in [1.165, 1.54) is 23.3 Å². The maximum absolute atomic E-state index is 13.9. The smallest absolute Gasteiger partial charge is 0.256 e. The zero-order valence-corrected chi connectivity index (χ0v) is 23.6. The minimum atomic E-state index is 0.0479. The Morgan fingerprint density at radius 3 is 2.68 bits per heavy atom. The van der Waals surface area contributed by atoms with Crippen LogP contribution in [0.2, 0.25) is 0 Å². The van der Waals surface area contributed by atoms with Gasteiger partial charge in [-0.3, -0.25) is 9.36 Å². The van der Waals surface area contributed by atoms with E-state index in [1.807, 2.05) is 34.8 Å². The Morgan fingerprint density at radius 1 is 1.16 bits per heavy atom. The van der Waals surface area contributed by atoms with Crippen LogP contribution in [-0.4, -0.2) is 37.8 Å². The van der Waals surface area contributed by atoms with Crippen LogP contribution in [0.25, 0.3) is 11.0 Å². The van der Waals surface area contributed by atoms with Gasteiger partial charge in [-0.2, -0.15) is 16.7 Å². The Morgan fingerprint density at radius 2 is 1.97 bits per heavy atom. The number of hydrogen-bond donors (Lipinski definition) is 2. The molecule has 1 saturated carbocycles. The molecule has 1 saturated heterocycles. The number of benzene rings is 1. The molecule has 2 N–H and O–H groups in total. The van der Waals surface area contributed by atoms with Crippen LogP contribution >= 0.6 is 23.3 Å². The van der Waals surface area contributed by atoms with Gasteiger partial charge in [-0.05, 0) is 72.8 Å². The fourth-order valence-electron chi connectivity index (χ4n) is 5.34. The number of hydrogen-bond acceptors (Lipinski definition) is 8. The summed E-state index contributed by atoms with van der Waals surface area (Å²) in [5, 5.41) is 8.21. The van der Waals surface area contributed by atoms with Crippen LogP contribution in [0.1, 0.15) is 78.2 Å². The van der Waals surface area contributed by atoms with E-state index in [9.17, 15) is 4.79 Å². The highest BCUT2D eigenvalue weighted by Crippen LogP contribution is 2.43. The number of fused-ring (bicyclic) bond motifs is 1. The Hall–Kier alpha value is -2.75. The summed E-state index contributed by atoms with van der Waals surface area (Å²) < 4.78 is 6.32. The molecule has 1 atom stereocenters. The summed E-state index contributed by atoms with van der Waals surface area (Å²) in [4.78, 5) is 24.7. The van der Waals surface area contributed by atoms with Gasteiger partial charge >= 0.3 is 0 Å². The van der Waals surface area contributed by atoms with E-state index in [-0.39, 0.29) is 11.5 Å². The number of rotatable bonds is 9. The molecule has 0 spiro atoms.